The Hall–Kier alpha value is -1.11. The van der Waals surface area contributed by atoms with E-state index in [0.29, 0.717) is 37.5 Å². The topological polar surface area (TPSA) is 66.5 Å². The maximum absolute atomic E-state index is 12.4. The van der Waals surface area contributed by atoms with E-state index in [1.54, 1.807) is 24.3 Å². The van der Waals surface area contributed by atoms with Crippen molar-refractivity contribution < 1.29 is 13.2 Å². The molecule has 0 bridgehead atoms. The van der Waals surface area contributed by atoms with Gasteiger partial charge in [0.25, 0.3) is 0 Å². The van der Waals surface area contributed by atoms with Crippen LogP contribution in [0.2, 0.25) is 5.02 Å². The third-order valence-corrected chi connectivity index (χ3v) is 5.93. The van der Waals surface area contributed by atoms with Crippen LogP contribution >= 0.6 is 11.6 Å². The molecule has 2 rings (SSSR count). The third-order valence-electron chi connectivity index (χ3n) is 3.83. The average molecular weight is 345 g/mol. The Kier molecular flexibility index (Phi) is 5.83. The molecule has 1 aliphatic rings. The molecule has 0 unspecified atom stereocenters. The lowest BCUT2D eigenvalue weighted by Gasteiger charge is -2.30. The molecular formula is C15H21ClN2O3S. The van der Waals surface area contributed by atoms with Crippen molar-refractivity contribution in [2.45, 2.75) is 25.5 Å². The zero-order chi connectivity index (χ0) is 16.2. The number of hydrogen-bond donors (Lipinski definition) is 1. The van der Waals surface area contributed by atoms with E-state index in [4.69, 9.17) is 11.6 Å². The first-order valence-corrected chi connectivity index (χ1v) is 9.41. The molecule has 0 radical (unpaired) electrons. The third kappa shape index (κ3) is 4.44. The van der Waals surface area contributed by atoms with Crippen LogP contribution in [0.25, 0.3) is 0 Å². The second kappa shape index (κ2) is 7.44. The van der Waals surface area contributed by atoms with Crippen molar-refractivity contribution in [2.75, 3.05) is 19.6 Å². The highest BCUT2D eigenvalue weighted by molar-refractivity contribution is 7.88. The molecule has 5 nitrogen and oxygen atoms in total. The quantitative estimate of drug-likeness (QED) is 0.888. The number of amides is 1. The maximum Gasteiger partial charge on any atom is 0.223 e. The highest BCUT2D eigenvalue weighted by Crippen LogP contribution is 2.22. The zero-order valence-electron chi connectivity index (χ0n) is 12.6. The van der Waals surface area contributed by atoms with Gasteiger partial charge < -0.3 is 5.32 Å². The fourth-order valence-corrected chi connectivity index (χ4v) is 4.29. The van der Waals surface area contributed by atoms with Crippen LogP contribution in [0.15, 0.2) is 24.3 Å². The van der Waals surface area contributed by atoms with Gasteiger partial charge in [-0.1, -0.05) is 23.7 Å². The summed E-state index contributed by atoms with van der Waals surface area (Å²) in [5.74, 6) is -0.0881. The van der Waals surface area contributed by atoms with E-state index in [0.717, 1.165) is 5.56 Å². The van der Waals surface area contributed by atoms with E-state index < -0.39 is 10.0 Å². The number of nitrogens with zero attached hydrogens (tertiary/aromatic N) is 1. The standard InChI is InChI=1S/C15H21ClN2O3S/c1-2-17-15(19)13-7-9-18(10-8-13)22(20,21)11-12-3-5-14(16)6-4-12/h3-6,13H,2,7-11H2,1H3,(H,17,19). The first-order valence-electron chi connectivity index (χ1n) is 7.42. The van der Waals surface area contributed by atoms with Gasteiger partial charge in [-0.05, 0) is 37.5 Å². The highest BCUT2D eigenvalue weighted by Gasteiger charge is 2.30. The summed E-state index contributed by atoms with van der Waals surface area (Å²) in [5, 5.41) is 3.38. The molecule has 7 heteroatoms. The summed E-state index contributed by atoms with van der Waals surface area (Å²) >= 11 is 5.81. The van der Waals surface area contributed by atoms with Gasteiger partial charge in [0.05, 0.1) is 5.75 Å². The molecule has 1 heterocycles. The van der Waals surface area contributed by atoms with Gasteiger partial charge in [-0.25, -0.2) is 12.7 Å². The molecule has 0 saturated carbocycles. The normalized spacial score (nSPS) is 17.4. The molecule has 1 aromatic carbocycles. The monoisotopic (exact) mass is 344 g/mol. The van der Waals surface area contributed by atoms with Crippen LogP contribution in [-0.4, -0.2) is 38.3 Å². The fourth-order valence-electron chi connectivity index (χ4n) is 2.60. The Morgan fingerprint density at radius 1 is 1.27 bits per heavy atom. The molecule has 1 aliphatic heterocycles. The highest BCUT2D eigenvalue weighted by atomic mass is 35.5. The summed E-state index contributed by atoms with van der Waals surface area (Å²) < 4.78 is 26.4. The van der Waals surface area contributed by atoms with E-state index in [-0.39, 0.29) is 17.6 Å². The van der Waals surface area contributed by atoms with E-state index in [2.05, 4.69) is 5.32 Å². The number of hydrogen-bond acceptors (Lipinski definition) is 3. The van der Waals surface area contributed by atoms with Gasteiger partial charge in [-0.15, -0.1) is 0 Å². The molecular weight excluding hydrogens is 324 g/mol. The fraction of sp³-hybridized carbons (Fsp3) is 0.533. The second-order valence-corrected chi connectivity index (χ2v) is 7.86. The van der Waals surface area contributed by atoms with Gasteiger partial charge in [-0.2, -0.15) is 0 Å². The SMILES string of the molecule is CCNC(=O)C1CCN(S(=O)(=O)Cc2ccc(Cl)cc2)CC1. The van der Waals surface area contributed by atoms with Crippen LogP contribution < -0.4 is 5.32 Å². The summed E-state index contributed by atoms with van der Waals surface area (Å²) in [6, 6.07) is 6.82. The number of nitrogens with one attached hydrogen (secondary N) is 1. The Labute approximate surface area is 136 Å². The summed E-state index contributed by atoms with van der Waals surface area (Å²) in [4.78, 5) is 11.8. The van der Waals surface area contributed by atoms with Crippen molar-refractivity contribution >= 4 is 27.5 Å². The first kappa shape index (κ1) is 17.2. The number of rotatable bonds is 5. The lowest BCUT2D eigenvalue weighted by Crippen LogP contribution is -2.43. The largest absolute Gasteiger partial charge is 0.356 e. The lowest BCUT2D eigenvalue weighted by molar-refractivity contribution is -0.126. The predicted molar refractivity (Wildman–Crippen MR) is 87.1 cm³/mol. The van der Waals surface area contributed by atoms with Gasteiger partial charge in [0.1, 0.15) is 0 Å². The van der Waals surface area contributed by atoms with Gasteiger partial charge in [0.15, 0.2) is 0 Å². The summed E-state index contributed by atoms with van der Waals surface area (Å²) in [5.41, 5.74) is 0.718. The smallest absolute Gasteiger partial charge is 0.223 e. The van der Waals surface area contributed by atoms with Crippen LogP contribution in [0.3, 0.4) is 0 Å². The van der Waals surface area contributed by atoms with Crippen molar-refractivity contribution in [3.8, 4) is 0 Å². The number of carbonyl (C=O) groups excluding carboxylic acids is 1. The molecule has 0 aromatic heterocycles. The second-order valence-electron chi connectivity index (χ2n) is 5.45. The summed E-state index contributed by atoms with van der Waals surface area (Å²) in [6.45, 7) is 3.28. The average Bonchev–Trinajstić information content (AvgIpc) is 2.50. The van der Waals surface area contributed by atoms with Crippen molar-refractivity contribution in [3.05, 3.63) is 34.9 Å². The molecule has 0 aliphatic carbocycles. The van der Waals surface area contributed by atoms with Crippen LogP contribution in [0.5, 0.6) is 0 Å². The predicted octanol–water partition coefficient (Wildman–Crippen LogP) is 2.02. The maximum atomic E-state index is 12.4. The van der Waals surface area contributed by atoms with Gasteiger partial charge in [0.2, 0.25) is 15.9 Å². The zero-order valence-corrected chi connectivity index (χ0v) is 14.2. The van der Waals surface area contributed by atoms with E-state index >= 15 is 0 Å². The van der Waals surface area contributed by atoms with Crippen LogP contribution in [0.4, 0.5) is 0 Å². The van der Waals surface area contributed by atoms with Gasteiger partial charge >= 0.3 is 0 Å². The molecule has 1 fully saturated rings. The molecule has 22 heavy (non-hydrogen) atoms. The summed E-state index contributed by atoms with van der Waals surface area (Å²) in [7, 11) is -3.35. The number of piperidine rings is 1. The van der Waals surface area contributed by atoms with Crippen LogP contribution in [0.1, 0.15) is 25.3 Å². The van der Waals surface area contributed by atoms with Crippen molar-refractivity contribution in [1.82, 2.24) is 9.62 Å². The number of benzene rings is 1. The molecule has 1 saturated heterocycles. The van der Waals surface area contributed by atoms with E-state index in [1.807, 2.05) is 6.92 Å². The van der Waals surface area contributed by atoms with Crippen LogP contribution in [-0.2, 0) is 20.6 Å². The van der Waals surface area contributed by atoms with E-state index in [9.17, 15) is 13.2 Å². The molecule has 1 N–H and O–H groups in total. The van der Waals surface area contributed by atoms with Gasteiger partial charge in [0, 0.05) is 30.6 Å². The summed E-state index contributed by atoms with van der Waals surface area (Å²) in [6.07, 6.45) is 1.15. The van der Waals surface area contributed by atoms with Crippen molar-refractivity contribution in [1.29, 1.82) is 0 Å². The molecule has 122 valence electrons. The Morgan fingerprint density at radius 2 is 1.86 bits per heavy atom. The van der Waals surface area contributed by atoms with Crippen molar-refractivity contribution in [3.63, 3.8) is 0 Å². The molecule has 1 amide bonds. The lowest BCUT2D eigenvalue weighted by atomic mass is 9.97. The van der Waals surface area contributed by atoms with Gasteiger partial charge in [-0.3, -0.25) is 4.79 Å². The van der Waals surface area contributed by atoms with Crippen LogP contribution in [0, 0.1) is 5.92 Å². The Balaban J connectivity index is 1.94. The molecule has 0 spiro atoms. The van der Waals surface area contributed by atoms with Crippen molar-refractivity contribution in [2.24, 2.45) is 5.92 Å². The minimum atomic E-state index is -3.35. The molecule has 1 aromatic rings. The number of sulfonamides is 1. The minimum absolute atomic E-state index is 0.0252. The molecule has 0 atom stereocenters. The first-order chi connectivity index (χ1) is 10.4. The number of halogens is 1. The Morgan fingerprint density at radius 3 is 2.41 bits per heavy atom. The van der Waals surface area contributed by atoms with E-state index in [1.165, 1.54) is 4.31 Å². The Bertz CT molecular complexity index is 608. The number of carbonyl (C=O) groups is 1. The minimum Gasteiger partial charge on any atom is -0.356 e.